The van der Waals surface area contributed by atoms with Gasteiger partial charge in [0.1, 0.15) is 0 Å². The van der Waals surface area contributed by atoms with Crippen molar-refractivity contribution in [3.8, 4) is 0 Å². The zero-order valence-corrected chi connectivity index (χ0v) is 14.6. The van der Waals surface area contributed by atoms with Crippen LogP contribution in [0.4, 0.5) is 0 Å². The highest BCUT2D eigenvalue weighted by Gasteiger charge is 2.23. The Labute approximate surface area is 132 Å². The first-order valence-electron chi connectivity index (χ1n) is 9.37. The van der Waals surface area contributed by atoms with Gasteiger partial charge in [0, 0.05) is 12.6 Å². The topological polar surface area (TPSA) is 18.5 Å². The molecule has 124 valence electrons. The zero-order chi connectivity index (χ0) is 15.1. The molecule has 3 heteroatoms. The minimum atomic E-state index is 0.690. The molecule has 2 aliphatic heterocycles. The average Bonchev–Trinajstić information content (AvgIpc) is 2.99. The van der Waals surface area contributed by atoms with Gasteiger partial charge in [-0.1, -0.05) is 13.8 Å². The van der Waals surface area contributed by atoms with Crippen LogP contribution < -0.4 is 5.32 Å². The highest BCUT2D eigenvalue weighted by atomic mass is 15.1. The molecule has 2 atom stereocenters. The molecule has 2 heterocycles. The molecular weight excluding hydrogens is 258 g/mol. The number of nitrogens with zero attached hydrogens (tertiary/aromatic N) is 2. The number of likely N-dealkylation sites (tertiary alicyclic amines) is 2. The number of piperidine rings is 1. The molecule has 3 nitrogen and oxygen atoms in total. The van der Waals surface area contributed by atoms with Crippen LogP contribution in [0.1, 0.15) is 52.9 Å². The molecule has 0 spiro atoms. The summed E-state index contributed by atoms with van der Waals surface area (Å²) in [7, 11) is 0. The van der Waals surface area contributed by atoms with Crippen LogP contribution in [0, 0.1) is 11.8 Å². The van der Waals surface area contributed by atoms with Crippen molar-refractivity contribution in [3.63, 3.8) is 0 Å². The van der Waals surface area contributed by atoms with Crippen molar-refractivity contribution in [3.05, 3.63) is 0 Å². The Bertz CT molecular complexity index is 268. The van der Waals surface area contributed by atoms with E-state index in [-0.39, 0.29) is 0 Å². The molecule has 0 bridgehead atoms. The molecule has 0 aliphatic carbocycles. The summed E-state index contributed by atoms with van der Waals surface area (Å²) in [5.41, 5.74) is 0. The summed E-state index contributed by atoms with van der Waals surface area (Å²) >= 11 is 0. The Hall–Kier alpha value is -0.120. The smallest absolute Gasteiger partial charge is 0.00680 e. The lowest BCUT2D eigenvalue weighted by Gasteiger charge is -2.35. The van der Waals surface area contributed by atoms with Gasteiger partial charge in [-0.2, -0.15) is 0 Å². The third-order valence-electron chi connectivity index (χ3n) is 5.44. The third kappa shape index (κ3) is 5.88. The van der Waals surface area contributed by atoms with Gasteiger partial charge < -0.3 is 15.1 Å². The van der Waals surface area contributed by atoms with Gasteiger partial charge in [0.25, 0.3) is 0 Å². The van der Waals surface area contributed by atoms with E-state index in [1.165, 1.54) is 77.9 Å². The molecule has 2 unspecified atom stereocenters. The van der Waals surface area contributed by atoms with E-state index in [0.29, 0.717) is 6.04 Å². The van der Waals surface area contributed by atoms with E-state index in [2.05, 4.69) is 35.9 Å². The predicted octanol–water partition coefficient (Wildman–Crippen LogP) is 2.82. The lowest BCUT2D eigenvalue weighted by Crippen LogP contribution is -2.44. The number of hydrogen-bond donors (Lipinski definition) is 1. The lowest BCUT2D eigenvalue weighted by molar-refractivity contribution is 0.160. The van der Waals surface area contributed by atoms with Crippen molar-refractivity contribution in [2.24, 2.45) is 11.8 Å². The molecule has 0 aromatic heterocycles. The number of hydrogen-bond acceptors (Lipinski definition) is 3. The van der Waals surface area contributed by atoms with Crippen LogP contribution in [0.15, 0.2) is 0 Å². The van der Waals surface area contributed by atoms with Crippen LogP contribution in [0.5, 0.6) is 0 Å². The van der Waals surface area contributed by atoms with Gasteiger partial charge in [0.15, 0.2) is 0 Å². The van der Waals surface area contributed by atoms with E-state index >= 15 is 0 Å². The van der Waals surface area contributed by atoms with Crippen LogP contribution in [-0.2, 0) is 0 Å². The van der Waals surface area contributed by atoms with Crippen LogP contribution in [-0.4, -0.2) is 61.7 Å². The second-order valence-electron chi connectivity index (χ2n) is 7.49. The Morgan fingerprint density at radius 2 is 1.67 bits per heavy atom. The summed E-state index contributed by atoms with van der Waals surface area (Å²) in [6.45, 7) is 16.2. The summed E-state index contributed by atoms with van der Waals surface area (Å²) in [5, 5.41) is 3.83. The fourth-order valence-corrected chi connectivity index (χ4v) is 4.02. The maximum absolute atomic E-state index is 3.83. The predicted molar refractivity (Wildman–Crippen MR) is 91.8 cm³/mol. The van der Waals surface area contributed by atoms with E-state index in [0.717, 1.165) is 11.8 Å². The first kappa shape index (κ1) is 17.2. The molecule has 0 aromatic carbocycles. The van der Waals surface area contributed by atoms with Crippen molar-refractivity contribution in [2.45, 2.75) is 58.9 Å². The molecule has 2 aliphatic rings. The quantitative estimate of drug-likeness (QED) is 0.743. The van der Waals surface area contributed by atoms with Crippen molar-refractivity contribution in [2.75, 3.05) is 45.8 Å². The maximum atomic E-state index is 3.83. The molecule has 21 heavy (non-hydrogen) atoms. The monoisotopic (exact) mass is 295 g/mol. The van der Waals surface area contributed by atoms with Crippen molar-refractivity contribution < 1.29 is 0 Å². The van der Waals surface area contributed by atoms with Crippen molar-refractivity contribution in [1.82, 2.24) is 15.1 Å². The van der Waals surface area contributed by atoms with Gasteiger partial charge in [-0.25, -0.2) is 0 Å². The third-order valence-corrected chi connectivity index (χ3v) is 5.44. The Morgan fingerprint density at radius 3 is 2.29 bits per heavy atom. The molecular formula is C18H37N3. The largest absolute Gasteiger partial charge is 0.314 e. The van der Waals surface area contributed by atoms with E-state index in [1.54, 1.807) is 0 Å². The molecule has 0 aromatic rings. The van der Waals surface area contributed by atoms with Gasteiger partial charge >= 0.3 is 0 Å². The minimum Gasteiger partial charge on any atom is -0.314 e. The van der Waals surface area contributed by atoms with Gasteiger partial charge in [-0.3, -0.25) is 0 Å². The summed E-state index contributed by atoms with van der Waals surface area (Å²) in [5.74, 6) is 1.67. The van der Waals surface area contributed by atoms with E-state index in [1.807, 2.05) is 0 Å². The molecule has 1 N–H and O–H groups in total. The minimum absolute atomic E-state index is 0.690. The standard InChI is InChI=1S/C18H37N3/c1-4-9-20-12-7-18(8-13-20)17(3)19-14-16(2)15-21-10-5-6-11-21/h16-19H,4-15H2,1-3H3. The summed E-state index contributed by atoms with van der Waals surface area (Å²) in [6.07, 6.45) is 6.88. The fraction of sp³-hybridized carbons (Fsp3) is 1.00. The lowest BCUT2D eigenvalue weighted by atomic mass is 9.90. The number of rotatable bonds is 8. The highest BCUT2D eigenvalue weighted by molar-refractivity contribution is 4.80. The molecule has 2 fully saturated rings. The van der Waals surface area contributed by atoms with E-state index < -0.39 is 0 Å². The van der Waals surface area contributed by atoms with Crippen LogP contribution in [0.2, 0.25) is 0 Å². The second-order valence-corrected chi connectivity index (χ2v) is 7.49. The summed E-state index contributed by atoms with van der Waals surface area (Å²) in [6, 6.07) is 0.690. The molecule has 0 saturated carbocycles. The van der Waals surface area contributed by atoms with Crippen LogP contribution in [0.25, 0.3) is 0 Å². The molecule has 2 rings (SSSR count). The van der Waals surface area contributed by atoms with Crippen LogP contribution >= 0.6 is 0 Å². The Morgan fingerprint density at radius 1 is 1.00 bits per heavy atom. The Balaban J connectivity index is 1.59. The van der Waals surface area contributed by atoms with Gasteiger partial charge in [0.2, 0.25) is 0 Å². The van der Waals surface area contributed by atoms with Gasteiger partial charge in [0.05, 0.1) is 0 Å². The zero-order valence-electron chi connectivity index (χ0n) is 14.6. The molecule has 0 radical (unpaired) electrons. The highest BCUT2D eigenvalue weighted by Crippen LogP contribution is 2.21. The Kier molecular flexibility index (Phi) is 7.48. The maximum Gasteiger partial charge on any atom is 0.00680 e. The van der Waals surface area contributed by atoms with Gasteiger partial charge in [-0.05, 0) is 90.1 Å². The first-order chi connectivity index (χ1) is 10.2. The second kappa shape index (κ2) is 9.12. The van der Waals surface area contributed by atoms with E-state index in [4.69, 9.17) is 0 Å². The fourth-order valence-electron chi connectivity index (χ4n) is 4.02. The molecule has 2 saturated heterocycles. The van der Waals surface area contributed by atoms with E-state index in [9.17, 15) is 0 Å². The van der Waals surface area contributed by atoms with Gasteiger partial charge in [-0.15, -0.1) is 0 Å². The van der Waals surface area contributed by atoms with Crippen molar-refractivity contribution in [1.29, 1.82) is 0 Å². The normalized spacial score (nSPS) is 25.3. The first-order valence-corrected chi connectivity index (χ1v) is 9.37. The van der Waals surface area contributed by atoms with Crippen molar-refractivity contribution >= 4 is 0 Å². The molecule has 0 amide bonds. The average molecular weight is 296 g/mol. The number of nitrogens with one attached hydrogen (secondary N) is 1. The van der Waals surface area contributed by atoms with Crippen LogP contribution in [0.3, 0.4) is 0 Å². The SMILES string of the molecule is CCCN1CCC(C(C)NCC(C)CN2CCCC2)CC1. The summed E-state index contributed by atoms with van der Waals surface area (Å²) < 4.78 is 0. The summed E-state index contributed by atoms with van der Waals surface area (Å²) in [4.78, 5) is 5.28.